The number of benzene rings is 1. The maximum Gasteiger partial charge on any atom is 0.328 e. The first kappa shape index (κ1) is 13.8. The molecule has 1 N–H and O–H groups in total. The molecule has 1 fully saturated rings. The molecule has 0 amide bonds. The summed E-state index contributed by atoms with van der Waals surface area (Å²) < 4.78 is 0. The van der Waals surface area contributed by atoms with Crippen LogP contribution in [0.2, 0.25) is 0 Å². The quantitative estimate of drug-likeness (QED) is 0.834. The summed E-state index contributed by atoms with van der Waals surface area (Å²) in [5.74, 6) is -0.915. The Morgan fingerprint density at radius 3 is 2.42 bits per heavy atom. The fourth-order valence-corrected chi connectivity index (χ4v) is 2.17. The number of carbonyl (C=O) groups is 1. The third-order valence-electron chi connectivity index (χ3n) is 3.40. The van der Waals surface area contributed by atoms with Gasteiger partial charge in [-0.1, -0.05) is 24.3 Å². The summed E-state index contributed by atoms with van der Waals surface area (Å²) >= 11 is 0. The summed E-state index contributed by atoms with van der Waals surface area (Å²) in [5, 5.41) is 8.57. The van der Waals surface area contributed by atoms with Crippen LogP contribution in [0.1, 0.15) is 11.1 Å². The van der Waals surface area contributed by atoms with Gasteiger partial charge in [-0.25, -0.2) is 4.79 Å². The van der Waals surface area contributed by atoms with Crippen LogP contribution in [-0.2, 0) is 11.3 Å². The lowest BCUT2D eigenvalue weighted by Gasteiger charge is -2.32. The number of rotatable bonds is 4. The molecule has 1 aromatic carbocycles. The van der Waals surface area contributed by atoms with Crippen LogP contribution in [0, 0.1) is 0 Å². The second kappa shape index (κ2) is 6.50. The lowest BCUT2D eigenvalue weighted by Crippen LogP contribution is -2.43. The molecule has 0 saturated carbocycles. The average molecular weight is 260 g/mol. The summed E-state index contributed by atoms with van der Waals surface area (Å²) in [7, 11) is 2.15. The minimum absolute atomic E-state index is 0.915. The Labute approximate surface area is 113 Å². The molecule has 0 radical (unpaired) electrons. The molecular formula is C15H20N2O2. The summed E-state index contributed by atoms with van der Waals surface area (Å²) in [6, 6.07) is 8.06. The first-order chi connectivity index (χ1) is 9.13. The molecule has 4 nitrogen and oxygen atoms in total. The Bertz CT molecular complexity index is 446. The Morgan fingerprint density at radius 1 is 1.21 bits per heavy atom. The molecule has 1 heterocycles. The summed E-state index contributed by atoms with van der Waals surface area (Å²) in [5.41, 5.74) is 2.20. The number of likely N-dealkylation sites (N-methyl/N-ethyl adjacent to an activating group) is 1. The summed E-state index contributed by atoms with van der Waals surface area (Å²) in [6.07, 6.45) is 2.78. The molecule has 1 aliphatic rings. The highest BCUT2D eigenvalue weighted by molar-refractivity contribution is 5.85. The van der Waals surface area contributed by atoms with Crippen molar-refractivity contribution in [2.24, 2.45) is 0 Å². The molecule has 1 aliphatic heterocycles. The van der Waals surface area contributed by atoms with E-state index in [2.05, 4.69) is 29.0 Å². The first-order valence-corrected chi connectivity index (χ1v) is 6.54. The molecule has 102 valence electrons. The molecule has 1 aromatic rings. The molecule has 0 aliphatic carbocycles. The monoisotopic (exact) mass is 260 g/mol. The van der Waals surface area contributed by atoms with Crippen molar-refractivity contribution >= 4 is 12.0 Å². The lowest BCUT2D eigenvalue weighted by molar-refractivity contribution is -0.131. The zero-order valence-corrected chi connectivity index (χ0v) is 11.2. The van der Waals surface area contributed by atoms with Gasteiger partial charge in [-0.2, -0.15) is 0 Å². The Balaban J connectivity index is 1.90. The second-order valence-electron chi connectivity index (χ2n) is 4.99. The molecule has 0 spiro atoms. The van der Waals surface area contributed by atoms with Crippen molar-refractivity contribution in [1.29, 1.82) is 0 Å². The predicted octanol–water partition coefficient (Wildman–Crippen LogP) is 1.53. The Kier molecular flexibility index (Phi) is 4.71. The van der Waals surface area contributed by atoms with Gasteiger partial charge >= 0.3 is 5.97 Å². The highest BCUT2D eigenvalue weighted by Gasteiger charge is 2.13. The van der Waals surface area contributed by atoms with Crippen molar-refractivity contribution in [3.8, 4) is 0 Å². The zero-order valence-electron chi connectivity index (χ0n) is 11.2. The number of carboxylic acid groups (broad SMARTS) is 1. The largest absolute Gasteiger partial charge is 0.478 e. The van der Waals surface area contributed by atoms with E-state index in [1.165, 1.54) is 5.56 Å². The van der Waals surface area contributed by atoms with Crippen molar-refractivity contribution < 1.29 is 9.90 Å². The van der Waals surface area contributed by atoms with E-state index in [0.717, 1.165) is 44.4 Å². The van der Waals surface area contributed by atoms with Crippen LogP contribution in [0.5, 0.6) is 0 Å². The maximum atomic E-state index is 10.4. The van der Waals surface area contributed by atoms with Gasteiger partial charge in [0.05, 0.1) is 0 Å². The predicted molar refractivity (Wildman–Crippen MR) is 75.9 cm³/mol. The topological polar surface area (TPSA) is 43.8 Å². The van der Waals surface area contributed by atoms with E-state index < -0.39 is 5.97 Å². The van der Waals surface area contributed by atoms with Gasteiger partial charge in [0, 0.05) is 38.8 Å². The van der Waals surface area contributed by atoms with Gasteiger partial charge in [-0.3, -0.25) is 4.90 Å². The smallest absolute Gasteiger partial charge is 0.328 e. The van der Waals surface area contributed by atoms with Crippen molar-refractivity contribution in [1.82, 2.24) is 9.80 Å². The van der Waals surface area contributed by atoms with E-state index in [1.54, 1.807) is 6.08 Å². The summed E-state index contributed by atoms with van der Waals surface area (Å²) in [4.78, 5) is 15.2. The number of hydrogen-bond donors (Lipinski definition) is 1. The van der Waals surface area contributed by atoms with E-state index in [1.807, 2.05) is 12.1 Å². The average Bonchev–Trinajstić information content (AvgIpc) is 2.40. The Hall–Kier alpha value is -1.65. The summed E-state index contributed by atoms with van der Waals surface area (Å²) in [6.45, 7) is 5.43. The molecule has 0 aromatic heterocycles. The van der Waals surface area contributed by atoms with Crippen molar-refractivity contribution in [2.75, 3.05) is 33.2 Å². The molecule has 4 heteroatoms. The van der Waals surface area contributed by atoms with Crippen LogP contribution < -0.4 is 0 Å². The van der Waals surface area contributed by atoms with Gasteiger partial charge in [0.15, 0.2) is 0 Å². The third kappa shape index (κ3) is 4.50. The van der Waals surface area contributed by atoms with E-state index in [-0.39, 0.29) is 0 Å². The number of piperazine rings is 1. The highest BCUT2D eigenvalue weighted by atomic mass is 16.4. The minimum Gasteiger partial charge on any atom is -0.478 e. The molecule has 0 unspecified atom stereocenters. The normalized spacial score (nSPS) is 17.9. The fraction of sp³-hybridized carbons (Fsp3) is 0.400. The van der Waals surface area contributed by atoms with Gasteiger partial charge in [0.25, 0.3) is 0 Å². The standard InChI is InChI=1S/C15H20N2O2/c1-16-8-10-17(11-9-16)12-14-4-2-13(3-5-14)6-7-15(18)19/h2-7H,8-12H2,1H3,(H,18,19)/b7-6+. The Morgan fingerprint density at radius 2 is 1.84 bits per heavy atom. The highest BCUT2D eigenvalue weighted by Crippen LogP contribution is 2.10. The molecule has 19 heavy (non-hydrogen) atoms. The molecule has 0 atom stereocenters. The van der Waals surface area contributed by atoms with Gasteiger partial charge in [-0.05, 0) is 24.3 Å². The van der Waals surface area contributed by atoms with E-state index >= 15 is 0 Å². The molecular weight excluding hydrogens is 240 g/mol. The van der Waals surface area contributed by atoms with Crippen LogP contribution in [0.4, 0.5) is 0 Å². The maximum absolute atomic E-state index is 10.4. The lowest BCUT2D eigenvalue weighted by atomic mass is 10.1. The zero-order chi connectivity index (χ0) is 13.7. The molecule has 2 rings (SSSR count). The van der Waals surface area contributed by atoms with Gasteiger partial charge < -0.3 is 10.0 Å². The van der Waals surface area contributed by atoms with Gasteiger partial charge in [-0.15, -0.1) is 0 Å². The number of nitrogens with zero attached hydrogens (tertiary/aromatic N) is 2. The van der Waals surface area contributed by atoms with Crippen LogP contribution >= 0.6 is 0 Å². The minimum atomic E-state index is -0.915. The third-order valence-corrected chi connectivity index (χ3v) is 3.40. The van der Waals surface area contributed by atoms with Crippen LogP contribution in [0.25, 0.3) is 6.08 Å². The number of carboxylic acids is 1. The number of aliphatic carboxylic acids is 1. The van der Waals surface area contributed by atoms with Crippen LogP contribution in [0.3, 0.4) is 0 Å². The van der Waals surface area contributed by atoms with E-state index in [4.69, 9.17) is 5.11 Å². The van der Waals surface area contributed by atoms with Crippen molar-refractivity contribution in [3.63, 3.8) is 0 Å². The molecule has 1 saturated heterocycles. The van der Waals surface area contributed by atoms with Gasteiger partial charge in [0.2, 0.25) is 0 Å². The number of hydrogen-bond acceptors (Lipinski definition) is 3. The van der Waals surface area contributed by atoms with Crippen LogP contribution in [0.15, 0.2) is 30.3 Å². The van der Waals surface area contributed by atoms with Crippen molar-refractivity contribution in [2.45, 2.75) is 6.54 Å². The second-order valence-corrected chi connectivity index (χ2v) is 4.99. The SMILES string of the molecule is CN1CCN(Cc2ccc(/C=C/C(=O)O)cc2)CC1. The fourth-order valence-electron chi connectivity index (χ4n) is 2.17. The van der Waals surface area contributed by atoms with E-state index in [0.29, 0.717) is 0 Å². The van der Waals surface area contributed by atoms with E-state index in [9.17, 15) is 4.79 Å². The molecule has 0 bridgehead atoms. The van der Waals surface area contributed by atoms with Crippen molar-refractivity contribution in [3.05, 3.63) is 41.5 Å². The van der Waals surface area contributed by atoms with Crippen LogP contribution in [-0.4, -0.2) is 54.1 Å². The van der Waals surface area contributed by atoms with Gasteiger partial charge in [0.1, 0.15) is 0 Å². The first-order valence-electron chi connectivity index (χ1n) is 6.54.